The Hall–Kier alpha value is -2.59. The van der Waals surface area contributed by atoms with Crippen LogP contribution in [0.5, 0.6) is 11.8 Å². The molecular weight excluding hydrogens is 562 g/mol. The molecule has 3 fully saturated rings. The van der Waals surface area contributed by atoms with Crippen LogP contribution in [-0.2, 0) is 4.74 Å². The molecule has 0 radical (unpaired) electrons. The number of rotatable bonds is 5. The fourth-order valence-electron chi connectivity index (χ4n) is 5.81. The molecule has 39 heavy (non-hydrogen) atoms. The molecule has 1 aromatic carbocycles. The molecule has 0 N–H and O–H groups in total. The molecule has 0 aliphatic carbocycles. The highest BCUT2D eigenvalue weighted by Crippen LogP contribution is 2.44. The first-order valence-corrected chi connectivity index (χ1v) is 14.6. The molecule has 3 saturated heterocycles. The van der Waals surface area contributed by atoms with E-state index in [1.807, 2.05) is 31.7 Å². The third-order valence-electron chi connectivity index (χ3n) is 8.06. The van der Waals surface area contributed by atoms with Gasteiger partial charge in [0.1, 0.15) is 23.0 Å². The van der Waals surface area contributed by atoms with Crippen LogP contribution in [0.4, 0.5) is 10.6 Å². The van der Waals surface area contributed by atoms with E-state index in [0.717, 1.165) is 91.7 Å². The zero-order valence-corrected chi connectivity index (χ0v) is 25.3. The molecule has 0 atom stereocenters. The summed E-state index contributed by atoms with van der Waals surface area (Å²) in [6, 6.07) is 2.46. The standard InChI is InChI=1S/C29H40BrN5O4/c1-7-19-16-21-23(24(37-6)22(19)30)31-26(38-20-8-12-33(5)13-9-20)32-25(21)34-14-10-29(11-15-34)17-35(18-29)27(36)39-28(2,3)4/h7,16,20H,1,8-15,17-18H2,2-6H3. The van der Waals surface area contributed by atoms with Gasteiger partial charge in [-0.3, -0.25) is 0 Å². The fourth-order valence-corrected chi connectivity index (χ4v) is 6.43. The van der Waals surface area contributed by atoms with Gasteiger partial charge in [0.2, 0.25) is 0 Å². The number of benzene rings is 1. The quantitative estimate of drug-likeness (QED) is 0.453. The molecule has 1 spiro atoms. The molecule has 5 rings (SSSR count). The van der Waals surface area contributed by atoms with Crippen LogP contribution in [0.15, 0.2) is 17.1 Å². The Morgan fingerprint density at radius 1 is 1.15 bits per heavy atom. The van der Waals surface area contributed by atoms with Crippen LogP contribution < -0.4 is 14.4 Å². The van der Waals surface area contributed by atoms with Gasteiger partial charge < -0.3 is 28.9 Å². The number of methoxy groups -OCH3 is 1. The normalized spacial score (nSPS) is 20.2. The molecule has 3 aliphatic heterocycles. The summed E-state index contributed by atoms with van der Waals surface area (Å²) in [6.45, 7) is 14.9. The van der Waals surface area contributed by atoms with Gasteiger partial charge in [-0.25, -0.2) is 4.79 Å². The number of ether oxygens (including phenoxy) is 3. The molecule has 1 amide bonds. The molecule has 212 valence electrons. The van der Waals surface area contributed by atoms with Crippen molar-refractivity contribution in [3.8, 4) is 11.8 Å². The van der Waals surface area contributed by atoms with Crippen LogP contribution in [0.1, 0.15) is 52.0 Å². The number of aromatic nitrogens is 2. The Kier molecular flexibility index (Phi) is 7.72. The van der Waals surface area contributed by atoms with Crippen LogP contribution in [0, 0.1) is 5.41 Å². The number of hydrogen-bond donors (Lipinski definition) is 0. The van der Waals surface area contributed by atoms with Gasteiger partial charge >= 0.3 is 12.1 Å². The van der Waals surface area contributed by atoms with Crippen LogP contribution in [0.3, 0.4) is 0 Å². The van der Waals surface area contributed by atoms with E-state index >= 15 is 0 Å². The first-order valence-electron chi connectivity index (χ1n) is 13.8. The number of nitrogens with zero attached hydrogens (tertiary/aromatic N) is 5. The Morgan fingerprint density at radius 2 is 1.82 bits per heavy atom. The van der Waals surface area contributed by atoms with E-state index in [0.29, 0.717) is 11.8 Å². The van der Waals surface area contributed by atoms with Crippen molar-refractivity contribution in [3.05, 3.63) is 22.7 Å². The number of amides is 1. The van der Waals surface area contributed by atoms with E-state index < -0.39 is 5.60 Å². The number of likely N-dealkylation sites (tertiary alicyclic amines) is 2. The minimum Gasteiger partial charge on any atom is -0.493 e. The third-order valence-corrected chi connectivity index (χ3v) is 8.88. The Bertz CT molecular complexity index is 1240. The van der Waals surface area contributed by atoms with Crippen molar-refractivity contribution < 1.29 is 19.0 Å². The van der Waals surface area contributed by atoms with Gasteiger partial charge in [0.25, 0.3) is 0 Å². The van der Waals surface area contributed by atoms with Gasteiger partial charge in [0.15, 0.2) is 5.75 Å². The first kappa shape index (κ1) is 28.0. The topological polar surface area (TPSA) is 80.3 Å². The van der Waals surface area contributed by atoms with E-state index in [4.69, 9.17) is 24.2 Å². The summed E-state index contributed by atoms with van der Waals surface area (Å²) in [7, 11) is 3.79. The molecule has 1 aromatic heterocycles. The summed E-state index contributed by atoms with van der Waals surface area (Å²) in [5.41, 5.74) is 1.30. The smallest absolute Gasteiger partial charge is 0.410 e. The van der Waals surface area contributed by atoms with Crippen molar-refractivity contribution in [2.75, 3.05) is 58.3 Å². The second kappa shape index (κ2) is 10.8. The minimum atomic E-state index is -0.481. The molecule has 0 unspecified atom stereocenters. The number of carbonyl (C=O) groups is 1. The zero-order chi connectivity index (χ0) is 27.9. The van der Waals surface area contributed by atoms with E-state index in [2.05, 4.69) is 45.4 Å². The van der Waals surface area contributed by atoms with Crippen molar-refractivity contribution in [2.45, 2.75) is 58.2 Å². The maximum absolute atomic E-state index is 12.5. The van der Waals surface area contributed by atoms with Crippen molar-refractivity contribution in [1.29, 1.82) is 0 Å². The molecule has 0 bridgehead atoms. The number of halogens is 1. The number of hydrogen-bond acceptors (Lipinski definition) is 8. The SMILES string of the molecule is C=Cc1cc2c(N3CCC4(CC3)CN(C(=O)OC(C)(C)C)C4)nc(OC3CCN(C)CC3)nc2c(OC)c1Br. The number of anilines is 1. The molecule has 0 saturated carbocycles. The molecule has 3 aliphatic rings. The lowest BCUT2D eigenvalue weighted by Crippen LogP contribution is -2.62. The molecule has 4 heterocycles. The number of fused-ring (bicyclic) bond motifs is 1. The Labute approximate surface area is 239 Å². The second-order valence-corrected chi connectivity index (χ2v) is 13.0. The Morgan fingerprint density at radius 3 is 2.41 bits per heavy atom. The summed E-state index contributed by atoms with van der Waals surface area (Å²) in [5.74, 6) is 1.51. The average molecular weight is 603 g/mol. The van der Waals surface area contributed by atoms with Crippen molar-refractivity contribution in [2.24, 2.45) is 5.41 Å². The Balaban J connectivity index is 1.40. The highest BCUT2D eigenvalue weighted by molar-refractivity contribution is 9.10. The first-order chi connectivity index (χ1) is 18.5. The third kappa shape index (κ3) is 5.82. The van der Waals surface area contributed by atoms with E-state index in [9.17, 15) is 4.79 Å². The van der Waals surface area contributed by atoms with Crippen LogP contribution >= 0.6 is 15.9 Å². The lowest BCUT2D eigenvalue weighted by atomic mass is 9.72. The molecular formula is C29H40BrN5O4. The predicted molar refractivity (Wildman–Crippen MR) is 157 cm³/mol. The molecule has 2 aromatic rings. The molecule has 9 nitrogen and oxygen atoms in total. The van der Waals surface area contributed by atoms with Gasteiger partial charge in [0.05, 0.1) is 11.6 Å². The van der Waals surface area contributed by atoms with Crippen LogP contribution in [-0.4, -0.2) is 91.0 Å². The lowest BCUT2D eigenvalue weighted by molar-refractivity contribution is -0.0434. The van der Waals surface area contributed by atoms with Gasteiger partial charge in [0, 0.05) is 50.1 Å². The van der Waals surface area contributed by atoms with Crippen molar-refractivity contribution >= 4 is 44.8 Å². The number of piperidine rings is 2. The van der Waals surface area contributed by atoms with Gasteiger partial charge in [-0.2, -0.15) is 9.97 Å². The second-order valence-electron chi connectivity index (χ2n) is 12.2. The highest BCUT2D eigenvalue weighted by atomic mass is 79.9. The summed E-state index contributed by atoms with van der Waals surface area (Å²) >= 11 is 3.68. The van der Waals surface area contributed by atoms with E-state index in [1.54, 1.807) is 7.11 Å². The predicted octanol–water partition coefficient (Wildman–Crippen LogP) is 5.35. The average Bonchev–Trinajstić information content (AvgIpc) is 2.87. The van der Waals surface area contributed by atoms with E-state index in [1.165, 1.54) is 0 Å². The summed E-state index contributed by atoms with van der Waals surface area (Å²) in [6.07, 6.45) is 5.53. The molecule has 10 heteroatoms. The maximum atomic E-state index is 12.5. The number of carbonyl (C=O) groups excluding carboxylic acids is 1. The van der Waals surface area contributed by atoms with Gasteiger partial charge in [-0.15, -0.1) is 0 Å². The van der Waals surface area contributed by atoms with Gasteiger partial charge in [-0.05, 0) is 81.1 Å². The maximum Gasteiger partial charge on any atom is 0.410 e. The highest BCUT2D eigenvalue weighted by Gasteiger charge is 2.48. The summed E-state index contributed by atoms with van der Waals surface area (Å²) < 4.78 is 18.6. The fraction of sp³-hybridized carbons (Fsp3) is 0.621. The van der Waals surface area contributed by atoms with Crippen LogP contribution in [0.2, 0.25) is 0 Å². The van der Waals surface area contributed by atoms with Gasteiger partial charge in [-0.1, -0.05) is 12.7 Å². The monoisotopic (exact) mass is 601 g/mol. The van der Waals surface area contributed by atoms with Crippen molar-refractivity contribution in [1.82, 2.24) is 19.8 Å². The lowest BCUT2D eigenvalue weighted by Gasteiger charge is -2.53. The summed E-state index contributed by atoms with van der Waals surface area (Å²) in [5, 5.41) is 0.917. The zero-order valence-electron chi connectivity index (χ0n) is 23.8. The largest absolute Gasteiger partial charge is 0.493 e. The summed E-state index contributed by atoms with van der Waals surface area (Å²) in [4.78, 5) is 28.8. The van der Waals surface area contributed by atoms with Crippen LogP contribution in [0.25, 0.3) is 17.0 Å². The van der Waals surface area contributed by atoms with E-state index in [-0.39, 0.29) is 17.6 Å². The van der Waals surface area contributed by atoms with Crippen molar-refractivity contribution in [3.63, 3.8) is 0 Å². The minimum absolute atomic E-state index is 0.0897.